The lowest BCUT2D eigenvalue weighted by molar-refractivity contribution is -0.149. The molecule has 1 rings (SSSR count). The Bertz CT molecular complexity index is 432. The Labute approximate surface area is 112 Å². The Hall–Kier alpha value is -1.42. The van der Waals surface area contributed by atoms with Gasteiger partial charge in [-0.05, 0) is 32.0 Å². The minimum absolute atomic E-state index is 0.255. The van der Waals surface area contributed by atoms with Crippen LogP contribution in [0.4, 0.5) is 5.69 Å². The molecule has 0 spiro atoms. The first-order chi connectivity index (χ1) is 8.40. The maximum absolute atomic E-state index is 11.5. The van der Waals surface area contributed by atoms with Gasteiger partial charge in [-0.3, -0.25) is 4.79 Å². The first-order valence-electron chi connectivity index (χ1n) is 5.56. The maximum Gasteiger partial charge on any atom is 0.313 e. The van der Waals surface area contributed by atoms with Gasteiger partial charge in [0.25, 0.3) is 0 Å². The Morgan fingerprint density at radius 3 is 2.56 bits per heavy atom. The molecular formula is C13H18ClNO3. The second-order valence-corrected chi connectivity index (χ2v) is 4.99. The lowest BCUT2D eigenvalue weighted by Crippen LogP contribution is -2.33. The maximum atomic E-state index is 11.5. The van der Waals surface area contributed by atoms with Gasteiger partial charge in [0, 0.05) is 12.2 Å². The summed E-state index contributed by atoms with van der Waals surface area (Å²) in [7, 11) is 2.95. The van der Waals surface area contributed by atoms with Crippen molar-refractivity contribution in [3.63, 3.8) is 0 Å². The third kappa shape index (κ3) is 3.53. The zero-order chi connectivity index (χ0) is 13.8. The van der Waals surface area contributed by atoms with E-state index < -0.39 is 5.41 Å². The number of carbonyl (C=O) groups excluding carboxylic acids is 1. The summed E-state index contributed by atoms with van der Waals surface area (Å²) in [6.45, 7) is 4.09. The van der Waals surface area contributed by atoms with Crippen molar-refractivity contribution in [2.75, 3.05) is 26.1 Å². The topological polar surface area (TPSA) is 47.6 Å². The van der Waals surface area contributed by atoms with Crippen molar-refractivity contribution in [3.8, 4) is 5.75 Å². The van der Waals surface area contributed by atoms with Crippen LogP contribution in [0.15, 0.2) is 18.2 Å². The minimum atomic E-state index is -0.596. The summed E-state index contributed by atoms with van der Waals surface area (Å²) >= 11 is 6.01. The van der Waals surface area contributed by atoms with Gasteiger partial charge in [0.15, 0.2) is 0 Å². The molecule has 100 valence electrons. The zero-order valence-electron chi connectivity index (χ0n) is 11.0. The van der Waals surface area contributed by atoms with E-state index in [2.05, 4.69) is 5.32 Å². The fraction of sp³-hybridized carbons (Fsp3) is 0.462. The standard InChI is InChI=1S/C13H18ClNO3/c1-13(2,12(16)18-4)8-15-9-5-6-11(17-3)10(14)7-9/h5-7,15H,8H2,1-4H3. The van der Waals surface area contributed by atoms with Gasteiger partial charge in [0.05, 0.1) is 24.7 Å². The smallest absolute Gasteiger partial charge is 0.313 e. The number of esters is 1. The molecule has 0 atom stereocenters. The first-order valence-corrected chi connectivity index (χ1v) is 5.94. The van der Waals surface area contributed by atoms with Crippen molar-refractivity contribution < 1.29 is 14.3 Å². The average molecular weight is 272 g/mol. The van der Waals surface area contributed by atoms with Crippen molar-refractivity contribution in [2.45, 2.75) is 13.8 Å². The van der Waals surface area contributed by atoms with Crippen LogP contribution in [0.25, 0.3) is 0 Å². The van der Waals surface area contributed by atoms with E-state index >= 15 is 0 Å². The summed E-state index contributed by atoms with van der Waals surface area (Å²) < 4.78 is 9.81. The van der Waals surface area contributed by atoms with Gasteiger partial charge < -0.3 is 14.8 Å². The van der Waals surface area contributed by atoms with Gasteiger partial charge in [-0.2, -0.15) is 0 Å². The number of carbonyl (C=O) groups is 1. The summed E-state index contributed by atoms with van der Waals surface area (Å²) in [6.07, 6.45) is 0. The van der Waals surface area contributed by atoms with Crippen LogP contribution >= 0.6 is 11.6 Å². The van der Waals surface area contributed by atoms with Gasteiger partial charge in [-0.15, -0.1) is 0 Å². The van der Waals surface area contributed by atoms with Crippen LogP contribution in [0.5, 0.6) is 5.75 Å². The normalized spacial score (nSPS) is 10.9. The van der Waals surface area contributed by atoms with E-state index in [4.69, 9.17) is 21.1 Å². The van der Waals surface area contributed by atoms with Gasteiger partial charge in [0.2, 0.25) is 0 Å². The van der Waals surface area contributed by atoms with Crippen LogP contribution in [-0.4, -0.2) is 26.7 Å². The number of benzene rings is 1. The molecule has 0 aromatic heterocycles. The highest BCUT2D eigenvalue weighted by Gasteiger charge is 2.28. The highest BCUT2D eigenvalue weighted by atomic mass is 35.5. The van der Waals surface area contributed by atoms with Crippen LogP contribution in [0, 0.1) is 5.41 Å². The summed E-state index contributed by atoms with van der Waals surface area (Å²) in [5.74, 6) is 0.365. The second kappa shape index (κ2) is 5.96. The molecule has 0 bridgehead atoms. The van der Waals surface area contributed by atoms with Crippen molar-refractivity contribution in [1.29, 1.82) is 0 Å². The van der Waals surface area contributed by atoms with Crippen molar-refractivity contribution in [1.82, 2.24) is 0 Å². The van der Waals surface area contributed by atoms with Gasteiger partial charge in [-0.25, -0.2) is 0 Å². The lowest BCUT2D eigenvalue weighted by Gasteiger charge is -2.22. The molecule has 0 radical (unpaired) electrons. The number of methoxy groups -OCH3 is 2. The molecule has 18 heavy (non-hydrogen) atoms. The van der Waals surface area contributed by atoms with E-state index in [0.717, 1.165) is 5.69 Å². The highest BCUT2D eigenvalue weighted by Crippen LogP contribution is 2.28. The fourth-order valence-electron chi connectivity index (χ4n) is 1.45. The van der Waals surface area contributed by atoms with Crippen LogP contribution in [0.2, 0.25) is 5.02 Å². The minimum Gasteiger partial charge on any atom is -0.495 e. The number of hydrogen-bond acceptors (Lipinski definition) is 4. The number of nitrogens with one attached hydrogen (secondary N) is 1. The molecule has 0 amide bonds. The molecule has 0 saturated heterocycles. The van der Waals surface area contributed by atoms with Gasteiger partial charge >= 0.3 is 5.97 Å². The van der Waals surface area contributed by atoms with Gasteiger partial charge in [0.1, 0.15) is 5.75 Å². The van der Waals surface area contributed by atoms with E-state index in [1.165, 1.54) is 7.11 Å². The van der Waals surface area contributed by atoms with Crippen LogP contribution < -0.4 is 10.1 Å². The molecule has 4 nitrogen and oxygen atoms in total. The number of hydrogen-bond donors (Lipinski definition) is 1. The number of halogens is 1. The Morgan fingerprint density at radius 2 is 2.06 bits per heavy atom. The third-order valence-electron chi connectivity index (χ3n) is 2.62. The van der Waals surface area contributed by atoms with Crippen molar-refractivity contribution >= 4 is 23.3 Å². The quantitative estimate of drug-likeness (QED) is 0.837. The van der Waals surface area contributed by atoms with E-state index in [0.29, 0.717) is 17.3 Å². The SMILES string of the molecule is COC(=O)C(C)(C)CNc1ccc(OC)c(Cl)c1. The number of rotatable bonds is 5. The fourth-order valence-corrected chi connectivity index (χ4v) is 1.71. The zero-order valence-corrected chi connectivity index (χ0v) is 11.8. The monoisotopic (exact) mass is 271 g/mol. The summed E-state index contributed by atoms with van der Waals surface area (Å²) in [6, 6.07) is 5.38. The Balaban J connectivity index is 2.69. The summed E-state index contributed by atoms with van der Waals surface area (Å²) in [5, 5.41) is 3.68. The van der Waals surface area contributed by atoms with Gasteiger partial charge in [-0.1, -0.05) is 11.6 Å². The predicted molar refractivity (Wildman–Crippen MR) is 72.3 cm³/mol. The molecular weight excluding hydrogens is 254 g/mol. The van der Waals surface area contributed by atoms with Crippen LogP contribution in [0.3, 0.4) is 0 Å². The molecule has 5 heteroatoms. The van der Waals surface area contributed by atoms with Crippen LogP contribution in [0.1, 0.15) is 13.8 Å². The lowest BCUT2D eigenvalue weighted by atomic mass is 9.93. The first kappa shape index (κ1) is 14.6. The second-order valence-electron chi connectivity index (χ2n) is 4.58. The molecule has 0 heterocycles. The molecule has 0 saturated carbocycles. The molecule has 0 unspecified atom stereocenters. The predicted octanol–water partition coefficient (Wildman–Crippen LogP) is 2.96. The molecule has 0 aliphatic rings. The molecule has 1 aromatic carbocycles. The summed E-state index contributed by atoms with van der Waals surface area (Å²) in [4.78, 5) is 11.5. The van der Waals surface area contributed by atoms with E-state index in [1.54, 1.807) is 19.2 Å². The molecule has 1 aromatic rings. The molecule has 0 fully saturated rings. The molecule has 1 N–H and O–H groups in total. The van der Waals surface area contributed by atoms with Crippen LogP contribution in [-0.2, 0) is 9.53 Å². The highest BCUT2D eigenvalue weighted by molar-refractivity contribution is 6.32. The molecule has 0 aliphatic heterocycles. The van der Waals surface area contributed by atoms with Crippen molar-refractivity contribution in [3.05, 3.63) is 23.2 Å². The van der Waals surface area contributed by atoms with E-state index in [9.17, 15) is 4.79 Å². The van der Waals surface area contributed by atoms with E-state index in [-0.39, 0.29) is 5.97 Å². The van der Waals surface area contributed by atoms with Crippen molar-refractivity contribution in [2.24, 2.45) is 5.41 Å². The molecule has 0 aliphatic carbocycles. The Kier molecular flexibility index (Phi) is 4.84. The third-order valence-corrected chi connectivity index (χ3v) is 2.92. The summed E-state index contributed by atoms with van der Waals surface area (Å²) in [5.41, 5.74) is 0.235. The Morgan fingerprint density at radius 1 is 1.39 bits per heavy atom. The largest absolute Gasteiger partial charge is 0.495 e. The average Bonchev–Trinajstić information content (AvgIpc) is 2.35. The van der Waals surface area contributed by atoms with E-state index in [1.807, 2.05) is 19.9 Å². The number of ether oxygens (including phenoxy) is 2. The number of anilines is 1.